The van der Waals surface area contributed by atoms with Gasteiger partial charge in [-0.1, -0.05) is 0 Å². The Bertz CT molecular complexity index is 653. The first-order chi connectivity index (χ1) is 10.1. The van der Waals surface area contributed by atoms with E-state index in [0.717, 1.165) is 0 Å². The van der Waals surface area contributed by atoms with Crippen molar-refractivity contribution in [3.05, 3.63) is 35.9 Å². The molecule has 2 rings (SSSR count). The second kappa shape index (κ2) is 8.03. The Morgan fingerprint density at radius 1 is 1.00 bits per heavy atom. The zero-order valence-electron chi connectivity index (χ0n) is 11.9. The normalized spacial score (nSPS) is 9.59. The van der Waals surface area contributed by atoms with Gasteiger partial charge in [0.05, 0.1) is 32.6 Å². The minimum absolute atomic E-state index is 0. The number of aromatic nitrogens is 1. The van der Waals surface area contributed by atoms with Gasteiger partial charge in [0.25, 0.3) is 0 Å². The van der Waals surface area contributed by atoms with E-state index in [1.54, 1.807) is 24.3 Å². The SMILES string of the molecule is COc1cc(OC)nc(-c2cc(OC)ccc2C(=O)O)c1.[NaH]. The molecule has 6 nitrogen and oxygen atoms in total. The molecule has 112 valence electrons. The molecule has 0 fully saturated rings. The molecule has 0 saturated heterocycles. The minimum atomic E-state index is -1.05. The number of hydrogen-bond acceptors (Lipinski definition) is 5. The van der Waals surface area contributed by atoms with Crippen molar-refractivity contribution in [2.75, 3.05) is 21.3 Å². The molecule has 0 spiro atoms. The van der Waals surface area contributed by atoms with Gasteiger partial charge in [-0.3, -0.25) is 0 Å². The van der Waals surface area contributed by atoms with Gasteiger partial charge in [0.15, 0.2) is 0 Å². The van der Waals surface area contributed by atoms with Gasteiger partial charge in [0, 0.05) is 17.7 Å². The summed E-state index contributed by atoms with van der Waals surface area (Å²) in [4.78, 5) is 15.6. The van der Waals surface area contributed by atoms with Crippen LogP contribution in [0.25, 0.3) is 11.3 Å². The van der Waals surface area contributed by atoms with Crippen LogP contribution in [0.2, 0.25) is 0 Å². The second-order valence-corrected chi connectivity index (χ2v) is 4.15. The van der Waals surface area contributed by atoms with E-state index in [9.17, 15) is 9.90 Å². The molecular formula is C15H16NNaO5. The van der Waals surface area contributed by atoms with E-state index in [1.807, 2.05) is 0 Å². The standard InChI is InChI=1S/C15H15NO5.Na.H/c1-19-9-4-5-11(15(17)18)12(6-9)13-7-10(20-2)8-14(16-13)21-3;;/h4-8H,1-3H3,(H,17,18);;. The first kappa shape index (κ1) is 18.3. The Hall–Kier alpha value is -1.76. The molecule has 2 aromatic rings. The van der Waals surface area contributed by atoms with Crippen molar-refractivity contribution in [1.82, 2.24) is 4.98 Å². The van der Waals surface area contributed by atoms with Crippen LogP contribution in [0.15, 0.2) is 30.3 Å². The van der Waals surface area contributed by atoms with E-state index in [0.29, 0.717) is 28.6 Å². The molecule has 0 aliphatic carbocycles. The number of carboxylic acids is 1. The molecule has 0 saturated carbocycles. The maximum absolute atomic E-state index is 11.4. The van der Waals surface area contributed by atoms with E-state index in [4.69, 9.17) is 14.2 Å². The number of methoxy groups -OCH3 is 3. The van der Waals surface area contributed by atoms with Crippen molar-refractivity contribution in [2.45, 2.75) is 0 Å². The van der Waals surface area contributed by atoms with Gasteiger partial charge in [-0.05, 0) is 18.2 Å². The first-order valence-corrected chi connectivity index (χ1v) is 6.10. The summed E-state index contributed by atoms with van der Waals surface area (Å²) in [5.74, 6) is 0.356. The monoisotopic (exact) mass is 313 g/mol. The van der Waals surface area contributed by atoms with E-state index in [2.05, 4.69) is 4.98 Å². The maximum atomic E-state index is 11.4. The number of benzene rings is 1. The van der Waals surface area contributed by atoms with Crippen LogP contribution in [0.5, 0.6) is 17.4 Å². The van der Waals surface area contributed by atoms with Crippen LogP contribution in [0.1, 0.15) is 10.4 Å². The molecule has 0 bridgehead atoms. The fraction of sp³-hybridized carbons (Fsp3) is 0.200. The molecule has 0 aliphatic heterocycles. The van der Waals surface area contributed by atoms with Crippen LogP contribution in [0.3, 0.4) is 0 Å². The molecule has 7 heteroatoms. The first-order valence-electron chi connectivity index (χ1n) is 6.10. The number of aromatic carboxylic acids is 1. The fourth-order valence-corrected chi connectivity index (χ4v) is 1.89. The number of carboxylic acid groups (broad SMARTS) is 1. The van der Waals surface area contributed by atoms with Gasteiger partial charge in [-0.15, -0.1) is 0 Å². The van der Waals surface area contributed by atoms with Gasteiger partial charge < -0.3 is 19.3 Å². The van der Waals surface area contributed by atoms with Gasteiger partial charge in [0.2, 0.25) is 5.88 Å². The topological polar surface area (TPSA) is 77.9 Å². The third-order valence-electron chi connectivity index (χ3n) is 2.95. The van der Waals surface area contributed by atoms with Crippen LogP contribution in [-0.4, -0.2) is 66.9 Å². The van der Waals surface area contributed by atoms with Crippen LogP contribution in [0.4, 0.5) is 0 Å². The predicted octanol–water partition coefficient (Wildman–Crippen LogP) is 1.82. The van der Waals surface area contributed by atoms with Crippen molar-refractivity contribution in [1.29, 1.82) is 0 Å². The summed E-state index contributed by atoms with van der Waals surface area (Å²) in [6, 6.07) is 7.94. The second-order valence-electron chi connectivity index (χ2n) is 4.15. The van der Waals surface area contributed by atoms with Crippen molar-refractivity contribution in [3.8, 4) is 28.6 Å². The molecule has 1 heterocycles. The fourth-order valence-electron chi connectivity index (χ4n) is 1.89. The van der Waals surface area contributed by atoms with Crippen LogP contribution in [-0.2, 0) is 0 Å². The number of rotatable bonds is 5. The molecule has 0 unspecified atom stereocenters. The average molecular weight is 313 g/mol. The molecule has 0 radical (unpaired) electrons. The number of ether oxygens (including phenoxy) is 3. The number of pyridine rings is 1. The molecule has 1 aromatic heterocycles. The Morgan fingerprint density at radius 3 is 2.23 bits per heavy atom. The van der Waals surface area contributed by atoms with Crippen molar-refractivity contribution < 1.29 is 24.1 Å². The Balaban J connectivity index is 0.00000242. The Morgan fingerprint density at radius 2 is 1.68 bits per heavy atom. The summed E-state index contributed by atoms with van der Waals surface area (Å²) < 4.78 is 15.4. The van der Waals surface area contributed by atoms with E-state index in [-0.39, 0.29) is 35.1 Å². The van der Waals surface area contributed by atoms with Crippen molar-refractivity contribution in [2.24, 2.45) is 0 Å². The number of hydrogen-bond donors (Lipinski definition) is 1. The Labute approximate surface area is 150 Å². The third kappa shape index (κ3) is 3.91. The summed E-state index contributed by atoms with van der Waals surface area (Å²) in [7, 11) is 4.51. The summed E-state index contributed by atoms with van der Waals surface area (Å²) in [6.07, 6.45) is 0. The third-order valence-corrected chi connectivity index (χ3v) is 2.95. The van der Waals surface area contributed by atoms with Gasteiger partial charge in [0.1, 0.15) is 11.5 Å². The van der Waals surface area contributed by atoms with Crippen molar-refractivity contribution in [3.63, 3.8) is 0 Å². The molecule has 1 aromatic carbocycles. The van der Waals surface area contributed by atoms with E-state index < -0.39 is 5.97 Å². The molecule has 22 heavy (non-hydrogen) atoms. The zero-order valence-corrected chi connectivity index (χ0v) is 11.9. The quantitative estimate of drug-likeness (QED) is 0.849. The Kier molecular flexibility index (Phi) is 6.67. The predicted molar refractivity (Wildman–Crippen MR) is 83.4 cm³/mol. The summed E-state index contributed by atoms with van der Waals surface area (Å²) in [5.41, 5.74) is 0.986. The van der Waals surface area contributed by atoms with E-state index >= 15 is 0 Å². The molecule has 1 N–H and O–H groups in total. The van der Waals surface area contributed by atoms with Gasteiger partial charge >= 0.3 is 35.5 Å². The molecule has 0 atom stereocenters. The summed E-state index contributed by atoms with van der Waals surface area (Å²) in [6.45, 7) is 0. The van der Waals surface area contributed by atoms with Gasteiger partial charge in [-0.2, -0.15) is 0 Å². The van der Waals surface area contributed by atoms with Crippen molar-refractivity contribution >= 4 is 35.5 Å². The molecular weight excluding hydrogens is 297 g/mol. The van der Waals surface area contributed by atoms with E-state index in [1.165, 1.54) is 27.4 Å². The number of carbonyl (C=O) groups is 1. The zero-order chi connectivity index (χ0) is 15.4. The van der Waals surface area contributed by atoms with Crippen LogP contribution in [0, 0.1) is 0 Å². The van der Waals surface area contributed by atoms with Crippen LogP contribution < -0.4 is 14.2 Å². The summed E-state index contributed by atoms with van der Waals surface area (Å²) in [5, 5.41) is 9.31. The summed E-state index contributed by atoms with van der Waals surface area (Å²) >= 11 is 0. The van der Waals surface area contributed by atoms with Crippen LogP contribution >= 0.6 is 0 Å². The molecule has 0 amide bonds. The average Bonchev–Trinajstić information content (AvgIpc) is 2.53. The number of nitrogens with zero attached hydrogens (tertiary/aromatic N) is 1. The van der Waals surface area contributed by atoms with Gasteiger partial charge in [-0.25, -0.2) is 9.78 Å². The molecule has 0 aliphatic rings.